The molecule has 0 radical (unpaired) electrons. The molecule has 3 aromatic rings. The van der Waals surface area contributed by atoms with E-state index in [1.807, 2.05) is 48.5 Å². The average molecular weight is 415 g/mol. The fourth-order valence-electron chi connectivity index (χ4n) is 3.64. The van der Waals surface area contributed by atoms with Crippen molar-refractivity contribution in [3.8, 4) is 17.1 Å². The first kappa shape index (κ1) is 20.8. The van der Waals surface area contributed by atoms with E-state index in [4.69, 9.17) is 15.0 Å². The van der Waals surface area contributed by atoms with Crippen LogP contribution < -0.4 is 10.5 Å². The molecule has 29 heavy (non-hydrogen) atoms. The summed E-state index contributed by atoms with van der Waals surface area (Å²) in [6.45, 7) is 0.484. The Hall–Kier alpha value is -2.90. The topological polar surface area (TPSA) is 94.5 Å². The molecule has 0 aliphatic carbocycles. The predicted molar refractivity (Wildman–Crippen MR) is 111 cm³/mol. The molecule has 0 spiro atoms. The molecule has 7 nitrogen and oxygen atoms in total. The van der Waals surface area contributed by atoms with Gasteiger partial charge in [-0.2, -0.15) is 4.98 Å². The Kier molecular flexibility index (Phi) is 6.20. The summed E-state index contributed by atoms with van der Waals surface area (Å²) in [6, 6.07) is 15.3. The summed E-state index contributed by atoms with van der Waals surface area (Å²) in [5.74, 6) is 1.60. The number of nitrogens with two attached hydrogens (primary N) is 1. The highest BCUT2D eigenvalue weighted by Gasteiger charge is 2.42. The SMILES string of the molecule is COc1ccc(C2C(c3nc(-c4ccc(CN)cc4)no3)CC(=O)N2C)cc1.Cl. The number of benzene rings is 2. The van der Waals surface area contributed by atoms with Crippen LogP contribution in [-0.2, 0) is 11.3 Å². The van der Waals surface area contributed by atoms with Gasteiger partial charge >= 0.3 is 0 Å². The van der Waals surface area contributed by atoms with Gasteiger partial charge in [0.15, 0.2) is 0 Å². The van der Waals surface area contributed by atoms with Gasteiger partial charge in [0.1, 0.15) is 5.75 Å². The maximum atomic E-state index is 12.4. The van der Waals surface area contributed by atoms with Crippen LogP contribution in [0.1, 0.15) is 35.4 Å². The minimum absolute atomic E-state index is 0. The zero-order valence-electron chi connectivity index (χ0n) is 16.2. The van der Waals surface area contributed by atoms with Gasteiger partial charge in [0, 0.05) is 25.6 Å². The van der Waals surface area contributed by atoms with E-state index in [-0.39, 0.29) is 30.3 Å². The Morgan fingerprint density at radius 2 is 1.86 bits per heavy atom. The molecule has 2 N–H and O–H groups in total. The summed E-state index contributed by atoms with van der Waals surface area (Å²) in [6.07, 6.45) is 0.334. The molecule has 4 rings (SSSR count). The number of aromatic nitrogens is 2. The highest BCUT2D eigenvalue weighted by molar-refractivity contribution is 5.85. The van der Waals surface area contributed by atoms with Crippen molar-refractivity contribution in [3.63, 3.8) is 0 Å². The fraction of sp³-hybridized carbons (Fsp3) is 0.286. The van der Waals surface area contributed by atoms with Crippen molar-refractivity contribution in [2.45, 2.75) is 24.9 Å². The second-order valence-corrected chi connectivity index (χ2v) is 6.89. The van der Waals surface area contributed by atoms with Gasteiger partial charge in [-0.05, 0) is 23.3 Å². The number of hydrogen-bond acceptors (Lipinski definition) is 6. The largest absolute Gasteiger partial charge is 0.497 e. The van der Waals surface area contributed by atoms with Crippen LogP contribution >= 0.6 is 12.4 Å². The van der Waals surface area contributed by atoms with Crippen LogP contribution in [0.15, 0.2) is 53.1 Å². The molecular formula is C21H23ClN4O3. The molecular weight excluding hydrogens is 392 g/mol. The molecule has 1 amide bonds. The van der Waals surface area contributed by atoms with Gasteiger partial charge in [-0.1, -0.05) is 41.6 Å². The maximum Gasteiger partial charge on any atom is 0.233 e. The summed E-state index contributed by atoms with van der Waals surface area (Å²) in [5, 5.41) is 4.12. The zero-order valence-corrected chi connectivity index (χ0v) is 17.1. The van der Waals surface area contributed by atoms with Crippen molar-refractivity contribution in [2.24, 2.45) is 5.73 Å². The van der Waals surface area contributed by atoms with Crippen LogP contribution in [0.2, 0.25) is 0 Å². The highest BCUT2D eigenvalue weighted by Crippen LogP contribution is 2.43. The Bertz CT molecular complexity index is 972. The van der Waals surface area contributed by atoms with E-state index in [1.54, 1.807) is 19.1 Å². The molecule has 8 heteroatoms. The monoisotopic (exact) mass is 414 g/mol. The van der Waals surface area contributed by atoms with Gasteiger partial charge in [0.05, 0.1) is 19.1 Å². The molecule has 1 aromatic heterocycles. The van der Waals surface area contributed by atoms with E-state index in [1.165, 1.54) is 0 Å². The quantitative estimate of drug-likeness (QED) is 0.688. The van der Waals surface area contributed by atoms with Crippen LogP contribution in [0.25, 0.3) is 11.4 Å². The molecule has 1 aliphatic heterocycles. The van der Waals surface area contributed by atoms with Crippen molar-refractivity contribution >= 4 is 18.3 Å². The van der Waals surface area contributed by atoms with Crippen molar-refractivity contribution in [1.82, 2.24) is 15.0 Å². The lowest BCUT2D eigenvalue weighted by Gasteiger charge is -2.23. The Labute approximate surface area is 175 Å². The predicted octanol–water partition coefficient (Wildman–Crippen LogP) is 3.31. The molecule has 1 saturated heterocycles. The van der Waals surface area contributed by atoms with Gasteiger partial charge in [0.2, 0.25) is 17.6 Å². The lowest BCUT2D eigenvalue weighted by atomic mass is 9.93. The maximum absolute atomic E-state index is 12.4. The number of ether oxygens (including phenoxy) is 1. The first-order valence-electron chi connectivity index (χ1n) is 9.13. The number of likely N-dealkylation sites (tertiary alicyclic amines) is 1. The summed E-state index contributed by atoms with van der Waals surface area (Å²) in [5.41, 5.74) is 8.54. The molecule has 1 aliphatic rings. The minimum Gasteiger partial charge on any atom is -0.497 e. The second-order valence-electron chi connectivity index (χ2n) is 6.89. The molecule has 0 bridgehead atoms. The number of hydrogen-bond donors (Lipinski definition) is 1. The molecule has 2 unspecified atom stereocenters. The number of rotatable bonds is 5. The van der Waals surface area contributed by atoms with Crippen LogP contribution in [-0.4, -0.2) is 35.1 Å². The van der Waals surface area contributed by atoms with E-state index in [9.17, 15) is 4.79 Å². The normalized spacial score (nSPS) is 18.6. The van der Waals surface area contributed by atoms with Gasteiger partial charge in [0.25, 0.3) is 0 Å². The first-order valence-corrected chi connectivity index (χ1v) is 9.13. The third-order valence-corrected chi connectivity index (χ3v) is 5.25. The molecule has 0 saturated carbocycles. The molecule has 1 fully saturated rings. The lowest BCUT2D eigenvalue weighted by molar-refractivity contribution is -0.127. The summed E-state index contributed by atoms with van der Waals surface area (Å²) in [4.78, 5) is 18.7. The van der Waals surface area contributed by atoms with E-state index in [0.29, 0.717) is 24.7 Å². The summed E-state index contributed by atoms with van der Waals surface area (Å²) in [7, 11) is 3.43. The van der Waals surface area contributed by atoms with Gasteiger partial charge in [-0.3, -0.25) is 4.79 Å². The molecule has 152 valence electrons. The van der Waals surface area contributed by atoms with Crippen LogP contribution in [0.4, 0.5) is 0 Å². The van der Waals surface area contributed by atoms with Gasteiger partial charge < -0.3 is 19.9 Å². The first-order chi connectivity index (χ1) is 13.6. The standard InChI is InChI=1S/C21H22N4O3.ClH/c1-25-18(26)11-17(19(25)14-7-9-16(27-2)10-8-14)21-23-20(24-28-21)15-5-3-13(12-22)4-6-15;/h3-10,17,19H,11-12,22H2,1-2H3;1H. The Balaban J connectivity index is 0.00000240. The average Bonchev–Trinajstić information content (AvgIpc) is 3.33. The van der Waals surface area contributed by atoms with Crippen molar-refractivity contribution in [1.29, 1.82) is 0 Å². The van der Waals surface area contributed by atoms with Crippen LogP contribution in [0.5, 0.6) is 5.75 Å². The van der Waals surface area contributed by atoms with E-state index in [2.05, 4.69) is 10.1 Å². The number of amides is 1. The van der Waals surface area contributed by atoms with Gasteiger partial charge in [-0.15, -0.1) is 12.4 Å². The molecule has 2 heterocycles. The molecule has 2 atom stereocenters. The second kappa shape index (κ2) is 8.63. The minimum atomic E-state index is -0.199. The Morgan fingerprint density at radius 1 is 1.17 bits per heavy atom. The summed E-state index contributed by atoms with van der Waals surface area (Å²) < 4.78 is 10.8. The highest BCUT2D eigenvalue weighted by atomic mass is 35.5. The van der Waals surface area contributed by atoms with Gasteiger partial charge in [-0.25, -0.2) is 0 Å². The number of likely N-dealkylation sites (N-methyl/N-ethyl adjacent to an activating group) is 1. The van der Waals surface area contributed by atoms with Crippen molar-refractivity contribution < 1.29 is 14.1 Å². The van der Waals surface area contributed by atoms with Crippen molar-refractivity contribution in [2.75, 3.05) is 14.2 Å². The summed E-state index contributed by atoms with van der Waals surface area (Å²) >= 11 is 0. The number of carbonyl (C=O) groups is 1. The fourth-order valence-corrected chi connectivity index (χ4v) is 3.64. The van der Waals surface area contributed by atoms with Crippen LogP contribution in [0.3, 0.4) is 0 Å². The van der Waals surface area contributed by atoms with E-state index >= 15 is 0 Å². The zero-order chi connectivity index (χ0) is 19.7. The number of methoxy groups -OCH3 is 1. The Morgan fingerprint density at radius 3 is 2.48 bits per heavy atom. The lowest BCUT2D eigenvalue weighted by Crippen LogP contribution is -2.24. The number of nitrogens with zero attached hydrogens (tertiary/aromatic N) is 3. The smallest absolute Gasteiger partial charge is 0.233 e. The van der Waals surface area contributed by atoms with E-state index < -0.39 is 0 Å². The number of halogens is 1. The van der Waals surface area contributed by atoms with E-state index in [0.717, 1.165) is 22.4 Å². The van der Waals surface area contributed by atoms with Crippen molar-refractivity contribution in [3.05, 3.63) is 65.5 Å². The number of carbonyl (C=O) groups excluding carboxylic acids is 1. The molecule has 2 aromatic carbocycles. The third kappa shape index (κ3) is 3.97. The third-order valence-electron chi connectivity index (χ3n) is 5.25. The van der Waals surface area contributed by atoms with Crippen LogP contribution in [0, 0.1) is 0 Å².